The zero-order valence-electron chi connectivity index (χ0n) is 9.12. The molecule has 1 aliphatic heterocycles. The average Bonchev–Trinajstić information content (AvgIpc) is 2.24. The molecule has 0 saturated heterocycles. The first-order valence-electron chi connectivity index (χ1n) is 5.15. The zero-order valence-corrected chi connectivity index (χ0v) is 9.12. The Balaban J connectivity index is 2.54. The zero-order chi connectivity index (χ0) is 11.3. The van der Waals surface area contributed by atoms with Crippen molar-refractivity contribution in [3.8, 4) is 0 Å². The van der Waals surface area contributed by atoms with Crippen LogP contribution in [-0.2, 0) is 19.1 Å². The molecule has 0 saturated carbocycles. The summed E-state index contributed by atoms with van der Waals surface area (Å²) in [5.74, 6) is 0.00176. The second kappa shape index (κ2) is 5.53. The molecule has 0 aromatic heterocycles. The highest BCUT2D eigenvalue weighted by atomic mass is 16.6. The predicted molar refractivity (Wildman–Crippen MR) is 54.1 cm³/mol. The molecule has 4 heteroatoms. The minimum Gasteiger partial charge on any atom is -0.501 e. The number of methoxy groups -OCH3 is 1. The summed E-state index contributed by atoms with van der Waals surface area (Å²) in [6, 6.07) is 0. The third kappa shape index (κ3) is 3.38. The lowest BCUT2D eigenvalue weighted by molar-refractivity contribution is -0.152. The van der Waals surface area contributed by atoms with Gasteiger partial charge in [0.2, 0.25) is 0 Å². The maximum Gasteiger partial charge on any atom is 0.334 e. The molecule has 1 atom stereocenters. The van der Waals surface area contributed by atoms with Crippen LogP contribution in [0.2, 0.25) is 0 Å². The van der Waals surface area contributed by atoms with E-state index in [2.05, 4.69) is 0 Å². The van der Waals surface area contributed by atoms with Gasteiger partial charge in [0.05, 0.1) is 13.2 Å². The number of Topliss-reactive ketones (excluding diaryl/α,β-unsaturated/α-hetero) is 1. The summed E-state index contributed by atoms with van der Waals surface area (Å²) < 4.78 is 9.89. The van der Waals surface area contributed by atoms with Gasteiger partial charge in [0.1, 0.15) is 5.76 Å². The molecule has 0 spiro atoms. The molecule has 1 aliphatic rings. The van der Waals surface area contributed by atoms with Crippen LogP contribution in [0.25, 0.3) is 0 Å². The van der Waals surface area contributed by atoms with Crippen LogP contribution in [0.5, 0.6) is 0 Å². The van der Waals surface area contributed by atoms with Crippen molar-refractivity contribution in [2.45, 2.75) is 38.7 Å². The van der Waals surface area contributed by atoms with Gasteiger partial charge in [0.25, 0.3) is 0 Å². The highest BCUT2D eigenvalue weighted by Crippen LogP contribution is 2.18. The molecular formula is C11H16O4. The van der Waals surface area contributed by atoms with Gasteiger partial charge in [-0.15, -0.1) is 0 Å². The summed E-state index contributed by atoms with van der Waals surface area (Å²) in [5, 5.41) is 0. The molecule has 4 nitrogen and oxygen atoms in total. The van der Waals surface area contributed by atoms with Crippen molar-refractivity contribution >= 4 is 11.8 Å². The summed E-state index contributed by atoms with van der Waals surface area (Å²) in [7, 11) is 1.48. The summed E-state index contributed by atoms with van der Waals surface area (Å²) in [6.45, 7) is 2.01. The number of rotatable bonds is 5. The van der Waals surface area contributed by atoms with Crippen LogP contribution in [-0.4, -0.2) is 25.0 Å². The number of cyclic esters (lactones) is 1. The Morgan fingerprint density at radius 2 is 2.40 bits per heavy atom. The van der Waals surface area contributed by atoms with E-state index < -0.39 is 12.1 Å². The molecule has 0 aromatic rings. The smallest absolute Gasteiger partial charge is 0.334 e. The van der Waals surface area contributed by atoms with E-state index in [4.69, 9.17) is 9.47 Å². The van der Waals surface area contributed by atoms with Crippen LogP contribution in [0.1, 0.15) is 32.6 Å². The van der Waals surface area contributed by atoms with E-state index in [1.54, 1.807) is 0 Å². The molecule has 15 heavy (non-hydrogen) atoms. The van der Waals surface area contributed by atoms with Gasteiger partial charge >= 0.3 is 5.97 Å². The Morgan fingerprint density at radius 3 is 3.00 bits per heavy atom. The van der Waals surface area contributed by atoms with Crippen molar-refractivity contribution in [1.29, 1.82) is 0 Å². The monoisotopic (exact) mass is 212 g/mol. The molecular weight excluding hydrogens is 196 g/mol. The van der Waals surface area contributed by atoms with Crippen molar-refractivity contribution in [3.63, 3.8) is 0 Å². The van der Waals surface area contributed by atoms with Crippen molar-refractivity contribution in [1.82, 2.24) is 0 Å². The number of esters is 1. The lowest BCUT2D eigenvalue weighted by Crippen LogP contribution is -2.30. The number of hydrogen-bond donors (Lipinski definition) is 0. The summed E-state index contributed by atoms with van der Waals surface area (Å²) >= 11 is 0. The largest absolute Gasteiger partial charge is 0.501 e. The molecule has 0 aromatic carbocycles. The van der Waals surface area contributed by atoms with Gasteiger partial charge in [-0.05, 0) is 6.42 Å². The first-order chi connectivity index (χ1) is 7.17. The number of ketones is 1. The minimum absolute atomic E-state index is 0.0205. The molecule has 0 bridgehead atoms. The Labute approximate surface area is 89.2 Å². The molecule has 1 heterocycles. The number of carbonyl (C=O) groups is 2. The van der Waals surface area contributed by atoms with Crippen LogP contribution in [0.3, 0.4) is 0 Å². The van der Waals surface area contributed by atoms with Crippen molar-refractivity contribution in [3.05, 3.63) is 11.8 Å². The average molecular weight is 212 g/mol. The fourth-order valence-electron chi connectivity index (χ4n) is 1.42. The van der Waals surface area contributed by atoms with Gasteiger partial charge in [-0.25, -0.2) is 4.79 Å². The first-order valence-corrected chi connectivity index (χ1v) is 5.15. The Bertz CT molecular complexity index is 280. The van der Waals surface area contributed by atoms with Gasteiger partial charge in [-0.2, -0.15) is 0 Å². The molecule has 0 unspecified atom stereocenters. The molecule has 0 aliphatic carbocycles. The van der Waals surface area contributed by atoms with Crippen LogP contribution in [0, 0.1) is 0 Å². The predicted octanol–water partition coefficient (Wildman–Crippen LogP) is 1.59. The summed E-state index contributed by atoms with van der Waals surface area (Å²) in [6.07, 6.45) is 3.25. The fraction of sp³-hybridized carbons (Fsp3) is 0.636. The van der Waals surface area contributed by atoms with Gasteiger partial charge < -0.3 is 9.47 Å². The van der Waals surface area contributed by atoms with Crippen LogP contribution < -0.4 is 0 Å². The van der Waals surface area contributed by atoms with Crippen LogP contribution >= 0.6 is 0 Å². The van der Waals surface area contributed by atoms with E-state index in [1.165, 1.54) is 13.2 Å². The van der Waals surface area contributed by atoms with E-state index >= 15 is 0 Å². The quantitative estimate of drug-likeness (QED) is 0.649. The number of carbonyl (C=O) groups excluding carboxylic acids is 2. The normalized spacial score (nSPS) is 20.5. The topological polar surface area (TPSA) is 52.6 Å². The summed E-state index contributed by atoms with van der Waals surface area (Å²) in [4.78, 5) is 22.7. The van der Waals surface area contributed by atoms with E-state index in [0.717, 1.165) is 12.8 Å². The number of ether oxygens (including phenoxy) is 2. The maximum absolute atomic E-state index is 11.6. The standard InChI is InChI=1S/C11H16O4/c1-3-4-5-9(12)10-6-8(14-2)7-11(13)15-10/h7,10H,3-6H2,1-2H3/t10-/m0/s1. The van der Waals surface area contributed by atoms with Gasteiger partial charge in [-0.3, -0.25) is 4.79 Å². The van der Waals surface area contributed by atoms with E-state index in [1.807, 2.05) is 6.92 Å². The van der Waals surface area contributed by atoms with E-state index in [-0.39, 0.29) is 5.78 Å². The maximum atomic E-state index is 11.6. The SMILES string of the molecule is CCCCC(=O)[C@@H]1CC(OC)=CC(=O)O1. The third-order valence-electron chi connectivity index (χ3n) is 2.32. The second-order valence-electron chi connectivity index (χ2n) is 3.51. The minimum atomic E-state index is -0.649. The lowest BCUT2D eigenvalue weighted by atomic mass is 10.0. The van der Waals surface area contributed by atoms with Crippen molar-refractivity contribution in [2.24, 2.45) is 0 Å². The molecule has 0 fully saturated rings. The van der Waals surface area contributed by atoms with E-state index in [9.17, 15) is 9.59 Å². The molecule has 0 radical (unpaired) electrons. The Morgan fingerprint density at radius 1 is 1.67 bits per heavy atom. The molecule has 0 amide bonds. The fourth-order valence-corrected chi connectivity index (χ4v) is 1.42. The van der Waals surface area contributed by atoms with E-state index in [0.29, 0.717) is 18.6 Å². The molecule has 0 N–H and O–H groups in total. The first kappa shape index (κ1) is 11.8. The van der Waals surface area contributed by atoms with Gasteiger partial charge in [0.15, 0.2) is 11.9 Å². The summed E-state index contributed by atoms with van der Waals surface area (Å²) in [5.41, 5.74) is 0. The van der Waals surface area contributed by atoms with Crippen LogP contribution in [0.4, 0.5) is 0 Å². The number of unbranched alkanes of at least 4 members (excludes halogenated alkanes) is 1. The highest BCUT2D eigenvalue weighted by Gasteiger charge is 2.27. The second-order valence-corrected chi connectivity index (χ2v) is 3.51. The van der Waals surface area contributed by atoms with Gasteiger partial charge in [-0.1, -0.05) is 13.3 Å². The van der Waals surface area contributed by atoms with Gasteiger partial charge in [0, 0.05) is 12.8 Å². The lowest BCUT2D eigenvalue weighted by Gasteiger charge is -2.21. The van der Waals surface area contributed by atoms with Crippen molar-refractivity contribution < 1.29 is 19.1 Å². The Kier molecular flexibility index (Phi) is 4.34. The van der Waals surface area contributed by atoms with Crippen molar-refractivity contribution in [2.75, 3.05) is 7.11 Å². The molecule has 84 valence electrons. The Hall–Kier alpha value is -1.32. The number of hydrogen-bond acceptors (Lipinski definition) is 4. The third-order valence-corrected chi connectivity index (χ3v) is 2.32. The molecule has 1 rings (SSSR count). The highest BCUT2D eigenvalue weighted by molar-refractivity contribution is 5.90. The van der Waals surface area contributed by atoms with Crippen LogP contribution in [0.15, 0.2) is 11.8 Å².